The number of nitrogens with zero attached hydrogens (tertiary/aromatic N) is 1. The van der Waals surface area contributed by atoms with Crippen molar-refractivity contribution in [2.45, 2.75) is 6.92 Å². The fourth-order valence-corrected chi connectivity index (χ4v) is 2.40. The van der Waals surface area contributed by atoms with E-state index in [4.69, 9.17) is 4.74 Å². The Kier molecular flexibility index (Phi) is 6.11. The maximum absolute atomic E-state index is 11.0. The monoisotopic (exact) mass is 342 g/mol. The lowest BCUT2D eigenvalue weighted by Crippen LogP contribution is -1.90. The van der Waals surface area contributed by atoms with Crippen molar-refractivity contribution < 1.29 is 19.2 Å². The molecule has 3 aromatic rings. The van der Waals surface area contributed by atoms with Gasteiger partial charge in [-0.2, -0.15) is 0 Å². The second-order valence-corrected chi connectivity index (χ2v) is 4.94. The van der Waals surface area contributed by atoms with Crippen molar-refractivity contribution in [3.63, 3.8) is 0 Å². The lowest BCUT2D eigenvalue weighted by molar-refractivity contribution is -0.383. The maximum atomic E-state index is 11.0. The van der Waals surface area contributed by atoms with Gasteiger partial charge in [0, 0.05) is 17.6 Å². The number of methoxy groups -OCH3 is 1. The second kappa shape index (κ2) is 8.49. The van der Waals surface area contributed by atoms with Gasteiger partial charge < -0.3 is 14.5 Å². The van der Waals surface area contributed by atoms with Gasteiger partial charge in [0.1, 0.15) is 11.3 Å². The number of non-ortho nitro benzene ring substituents is 1. The third-order valence-corrected chi connectivity index (χ3v) is 3.51. The number of hydrogen-bond donors (Lipinski definition) is 1. The third-order valence-electron chi connectivity index (χ3n) is 3.51. The van der Waals surface area contributed by atoms with Gasteiger partial charge in [0.2, 0.25) is 0 Å². The molecular formula is C18H18N2O5. The van der Waals surface area contributed by atoms with Crippen LogP contribution in [-0.4, -0.2) is 30.1 Å². The molecule has 0 aliphatic rings. The summed E-state index contributed by atoms with van der Waals surface area (Å²) in [6.07, 6.45) is 1.71. The van der Waals surface area contributed by atoms with Gasteiger partial charge in [0.25, 0.3) is 12.2 Å². The quantitative estimate of drug-likeness (QED) is 0.431. The van der Waals surface area contributed by atoms with Crippen LogP contribution in [0.1, 0.15) is 6.92 Å². The number of rotatable bonds is 5. The maximum Gasteiger partial charge on any atom is 0.293 e. The topological polar surface area (TPSA) is 94.5 Å². The highest BCUT2D eigenvalue weighted by Crippen LogP contribution is 2.34. The molecule has 1 heterocycles. The molecule has 0 saturated heterocycles. The van der Waals surface area contributed by atoms with E-state index in [0.29, 0.717) is 18.6 Å². The highest BCUT2D eigenvalue weighted by molar-refractivity contribution is 5.99. The number of fused-ring (bicyclic) bond motifs is 1. The number of benzene rings is 2. The standard InChI is InChI=1S/C15H12N2O3.C3H6O2/c1-20-11-4-2-3-10(9-11)12-5-6-14(17(18)19)15-13(12)7-8-16-15;1-2-5-3-4/h2-9,16H,1H3;3H,2H2,1H3. The van der Waals surface area contributed by atoms with Crippen molar-refractivity contribution in [3.8, 4) is 16.9 Å². The summed E-state index contributed by atoms with van der Waals surface area (Å²) < 4.78 is 9.37. The van der Waals surface area contributed by atoms with Gasteiger partial charge in [0.15, 0.2) is 0 Å². The first-order valence-corrected chi connectivity index (χ1v) is 7.56. The second-order valence-electron chi connectivity index (χ2n) is 4.94. The van der Waals surface area contributed by atoms with Crippen molar-refractivity contribution in [1.29, 1.82) is 0 Å². The zero-order valence-electron chi connectivity index (χ0n) is 13.9. The molecule has 0 radical (unpaired) electrons. The molecule has 0 aliphatic carbocycles. The Morgan fingerprint density at radius 3 is 2.64 bits per heavy atom. The molecule has 25 heavy (non-hydrogen) atoms. The van der Waals surface area contributed by atoms with Crippen LogP contribution in [0.4, 0.5) is 5.69 Å². The molecule has 0 amide bonds. The van der Waals surface area contributed by atoms with Gasteiger partial charge in [-0.1, -0.05) is 12.1 Å². The van der Waals surface area contributed by atoms with Gasteiger partial charge in [-0.3, -0.25) is 14.9 Å². The summed E-state index contributed by atoms with van der Waals surface area (Å²) in [5, 5.41) is 11.9. The first-order chi connectivity index (χ1) is 12.1. The first-order valence-electron chi connectivity index (χ1n) is 7.56. The number of carbonyl (C=O) groups is 1. The van der Waals surface area contributed by atoms with Crippen LogP contribution in [-0.2, 0) is 9.53 Å². The van der Waals surface area contributed by atoms with Gasteiger partial charge in [-0.25, -0.2) is 0 Å². The summed E-state index contributed by atoms with van der Waals surface area (Å²) in [4.78, 5) is 22.8. The van der Waals surface area contributed by atoms with Crippen molar-refractivity contribution in [2.75, 3.05) is 13.7 Å². The molecule has 0 saturated carbocycles. The number of nitro benzene ring substituents is 1. The average Bonchev–Trinajstić information content (AvgIpc) is 3.11. The van der Waals surface area contributed by atoms with Crippen LogP contribution in [0, 0.1) is 10.1 Å². The minimum absolute atomic E-state index is 0.0802. The summed E-state index contributed by atoms with van der Waals surface area (Å²) in [7, 11) is 1.61. The predicted molar refractivity (Wildman–Crippen MR) is 94.6 cm³/mol. The lowest BCUT2D eigenvalue weighted by Gasteiger charge is -2.06. The average molecular weight is 342 g/mol. The lowest BCUT2D eigenvalue weighted by atomic mass is 10.0. The Morgan fingerprint density at radius 1 is 1.24 bits per heavy atom. The van der Waals surface area contributed by atoms with Crippen molar-refractivity contribution in [3.05, 3.63) is 58.8 Å². The number of H-pyrrole nitrogens is 1. The van der Waals surface area contributed by atoms with Crippen molar-refractivity contribution >= 4 is 23.1 Å². The van der Waals surface area contributed by atoms with E-state index in [-0.39, 0.29) is 10.6 Å². The van der Waals surface area contributed by atoms with Crippen LogP contribution in [0.3, 0.4) is 0 Å². The highest BCUT2D eigenvalue weighted by atomic mass is 16.6. The summed E-state index contributed by atoms with van der Waals surface area (Å²) in [5.74, 6) is 0.754. The Hall–Kier alpha value is -3.35. The molecule has 0 unspecified atom stereocenters. The van der Waals surface area contributed by atoms with E-state index < -0.39 is 0 Å². The Bertz CT molecular complexity index is 873. The van der Waals surface area contributed by atoms with E-state index in [1.165, 1.54) is 6.07 Å². The SMILES string of the molecule is CCOC=O.COc1cccc(-c2ccc([N+](=O)[O-])c3[nH]ccc23)c1. The zero-order chi connectivity index (χ0) is 18.2. The number of nitrogens with one attached hydrogen (secondary N) is 1. The highest BCUT2D eigenvalue weighted by Gasteiger charge is 2.16. The Labute approximate surface area is 144 Å². The van der Waals surface area contributed by atoms with E-state index in [1.54, 1.807) is 26.3 Å². The first kappa shape index (κ1) is 18.0. The van der Waals surface area contributed by atoms with Crippen LogP contribution in [0.2, 0.25) is 0 Å². The summed E-state index contributed by atoms with van der Waals surface area (Å²) >= 11 is 0. The van der Waals surface area contributed by atoms with Crippen LogP contribution in [0.25, 0.3) is 22.0 Å². The summed E-state index contributed by atoms with van der Waals surface area (Å²) in [6, 6.07) is 12.8. The fraction of sp³-hybridized carbons (Fsp3) is 0.167. The summed E-state index contributed by atoms with van der Waals surface area (Å²) in [5.41, 5.74) is 2.52. The summed E-state index contributed by atoms with van der Waals surface area (Å²) in [6.45, 7) is 2.66. The van der Waals surface area contributed by atoms with E-state index in [2.05, 4.69) is 9.72 Å². The number of aromatic amines is 1. The minimum Gasteiger partial charge on any atom is -0.497 e. The Balaban J connectivity index is 0.000000399. The van der Waals surface area contributed by atoms with Gasteiger partial charge in [0.05, 0.1) is 18.6 Å². The number of hydrogen-bond acceptors (Lipinski definition) is 5. The number of ether oxygens (including phenoxy) is 2. The van der Waals surface area contributed by atoms with Crippen molar-refractivity contribution in [2.24, 2.45) is 0 Å². The van der Waals surface area contributed by atoms with Crippen LogP contribution < -0.4 is 4.74 Å². The van der Waals surface area contributed by atoms with Crippen molar-refractivity contribution in [1.82, 2.24) is 4.98 Å². The van der Waals surface area contributed by atoms with E-state index in [0.717, 1.165) is 22.3 Å². The molecule has 1 aromatic heterocycles. The molecule has 2 aromatic carbocycles. The van der Waals surface area contributed by atoms with Crippen LogP contribution in [0.15, 0.2) is 48.7 Å². The number of nitro groups is 1. The van der Waals surface area contributed by atoms with Gasteiger partial charge in [-0.15, -0.1) is 0 Å². The normalized spacial score (nSPS) is 9.84. The number of aromatic nitrogens is 1. The zero-order valence-corrected chi connectivity index (χ0v) is 13.9. The number of carbonyl (C=O) groups excluding carboxylic acids is 1. The molecule has 7 heteroatoms. The van der Waals surface area contributed by atoms with E-state index >= 15 is 0 Å². The Morgan fingerprint density at radius 2 is 2.04 bits per heavy atom. The van der Waals surface area contributed by atoms with Crippen LogP contribution in [0.5, 0.6) is 5.75 Å². The minimum atomic E-state index is -0.381. The molecule has 0 atom stereocenters. The largest absolute Gasteiger partial charge is 0.497 e. The molecule has 1 N–H and O–H groups in total. The molecular weight excluding hydrogens is 324 g/mol. The predicted octanol–water partition coefficient (Wildman–Crippen LogP) is 3.93. The third kappa shape index (κ3) is 4.14. The van der Waals surface area contributed by atoms with E-state index in [9.17, 15) is 14.9 Å². The molecule has 0 aliphatic heterocycles. The van der Waals surface area contributed by atoms with Gasteiger partial charge in [-0.05, 0) is 42.3 Å². The van der Waals surface area contributed by atoms with Crippen LogP contribution >= 0.6 is 0 Å². The molecule has 0 bridgehead atoms. The smallest absolute Gasteiger partial charge is 0.293 e. The molecule has 130 valence electrons. The van der Waals surface area contributed by atoms with Gasteiger partial charge >= 0.3 is 0 Å². The fourth-order valence-electron chi connectivity index (χ4n) is 2.40. The molecule has 7 nitrogen and oxygen atoms in total. The molecule has 3 rings (SSSR count). The van der Waals surface area contributed by atoms with E-state index in [1.807, 2.05) is 30.3 Å². The molecule has 0 spiro atoms. The molecule has 0 fully saturated rings.